The van der Waals surface area contributed by atoms with Gasteiger partial charge in [-0.3, -0.25) is 4.79 Å². The Balaban J connectivity index is 1.43. The maximum Gasteiger partial charge on any atom is 0.251 e. The Labute approximate surface area is 171 Å². The molecule has 6 heteroatoms. The minimum atomic E-state index is -0.118. The lowest BCUT2D eigenvalue weighted by atomic mass is 10.1. The fourth-order valence-electron chi connectivity index (χ4n) is 2.63. The molecule has 0 fully saturated rings. The number of anilines is 1. The van der Waals surface area contributed by atoms with Crippen LogP contribution < -0.4 is 19.7 Å². The number of para-hydroxylation sites is 1. The Kier molecular flexibility index (Phi) is 7.05. The molecule has 1 heterocycles. The maximum atomic E-state index is 12.4. The van der Waals surface area contributed by atoms with Gasteiger partial charge in [-0.05, 0) is 35.9 Å². The Morgan fingerprint density at radius 1 is 0.966 bits per heavy atom. The standard InChI is InChI=1S/C23H25N3O3/c1-26(2)20-8-6-7-19(15-20)23(27)25-17-18-11-12-22(24-16-18)29-14-13-28-21-9-4-3-5-10-21/h3-12,15-16H,13-14,17H2,1-2H3,(H,25,27). The molecule has 0 bridgehead atoms. The predicted molar refractivity (Wildman–Crippen MR) is 114 cm³/mol. The summed E-state index contributed by atoms with van der Waals surface area (Å²) in [6.45, 7) is 1.24. The van der Waals surface area contributed by atoms with Crippen LogP contribution in [0.25, 0.3) is 0 Å². The van der Waals surface area contributed by atoms with Crippen LogP contribution in [0.3, 0.4) is 0 Å². The third-order valence-electron chi connectivity index (χ3n) is 4.22. The molecule has 1 aromatic heterocycles. The van der Waals surface area contributed by atoms with Crippen LogP contribution in [0.4, 0.5) is 5.69 Å². The molecule has 150 valence electrons. The van der Waals surface area contributed by atoms with Crippen molar-refractivity contribution >= 4 is 11.6 Å². The lowest BCUT2D eigenvalue weighted by Crippen LogP contribution is -2.23. The molecule has 0 aliphatic carbocycles. The van der Waals surface area contributed by atoms with E-state index >= 15 is 0 Å². The van der Waals surface area contributed by atoms with Crippen LogP contribution >= 0.6 is 0 Å². The van der Waals surface area contributed by atoms with Gasteiger partial charge in [0.05, 0.1) is 0 Å². The van der Waals surface area contributed by atoms with Crippen LogP contribution in [0.5, 0.6) is 11.6 Å². The molecular weight excluding hydrogens is 366 g/mol. The SMILES string of the molecule is CN(C)c1cccc(C(=O)NCc2ccc(OCCOc3ccccc3)nc2)c1. The summed E-state index contributed by atoms with van der Waals surface area (Å²) in [5.41, 5.74) is 2.51. The molecule has 6 nitrogen and oxygen atoms in total. The number of carbonyl (C=O) groups is 1. The molecule has 1 N–H and O–H groups in total. The van der Waals surface area contributed by atoms with Gasteiger partial charge in [-0.25, -0.2) is 4.98 Å². The van der Waals surface area contributed by atoms with E-state index in [0.29, 0.717) is 31.2 Å². The topological polar surface area (TPSA) is 63.7 Å². The second kappa shape index (κ2) is 10.1. The van der Waals surface area contributed by atoms with Crippen LogP contribution in [0.2, 0.25) is 0 Å². The van der Waals surface area contributed by atoms with Crippen molar-refractivity contribution in [2.24, 2.45) is 0 Å². The zero-order valence-electron chi connectivity index (χ0n) is 16.7. The average molecular weight is 391 g/mol. The van der Waals surface area contributed by atoms with E-state index in [4.69, 9.17) is 9.47 Å². The lowest BCUT2D eigenvalue weighted by Gasteiger charge is -2.13. The highest BCUT2D eigenvalue weighted by Crippen LogP contribution is 2.14. The van der Waals surface area contributed by atoms with E-state index in [2.05, 4.69) is 10.3 Å². The first-order valence-electron chi connectivity index (χ1n) is 9.43. The van der Waals surface area contributed by atoms with Gasteiger partial charge in [0.1, 0.15) is 19.0 Å². The van der Waals surface area contributed by atoms with Crippen molar-refractivity contribution in [3.05, 3.63) is 84.1 Å². The molecule has 0 aliphatic heterocycles. The van der Waals surface area contributed by atoms with Crippen LogP contribution in [0, 0.1) is 0 Å². The molecule has 29 heavy (non-hydrogen) atoms. The highest BCUT2D eigenvalue weighted by molar-refractivity contribution is 5.95. The maximum absolute atomic E-state index is 12.4. The van der Waals surface area contributed by atoms with Gasteiger partial charge in [0.25, 0.3) is 5.91 Å². The number of nitrogens with zero attached hydrogens (tertiary/aromatic N) is 2. The summed E-state index contributed by atoms with van der Waals surface area (Å²) < 4.78 is 11.2. The van der Waals surface area contributed by atoms with Crippen molar-refractivity contribution in [3.8, 4) is 11.6 Å². The highest BCUT2D eigenvalue weighted by atomic mass is 16.5. The molecule has 2 aromatic carbocycles. The third-order valence-corrected chi connectivity index (χ3v) is 4.22. The van der Waals surface area contributed by atoms with Crippen molar-refractivity contribution in [2.45, 2.75) is 6.54 Å². The van der Waals surface area contributed by atoms with Crippen molar-refractivity contribution in [3.63, 3.8) is 0 Å². The van der Waals surface area contributed by atoms with Crippen LogP contribution in [0.1, 0.15) is 15.9 Å². The largest absolute Gasteiger partial charge is 0.490 e. The quantitative estimate of drug-likeness (QED) is 0.566. The first-order valence-corrected chi connectivity index (χ1v) is 9.43. The number of carbonyl (C=O) groups excluding carboxylic acids is 1. The van der Waals surface area contributed by atoms with Crippen molar-refractivity contribution in [1.82, 2.24) is 10.3 Å². The number of amides is 1. The van der Waals surface area contributed by atoms with Crippen molar-refractivity contribution < 1.29 is 14.3 Å². The second-order valence-corrected chi connectivity index (χ2v) is 6.64. The molecule has 3 aromatic rings. The molecule has 0 spiro atoms. The fourth-order valence-corrected chi connectivity index (χ4v) is 2.63. The number of hydrogen-bond acceptors (Lipinski definition) is 5. The van der Waals surface area contributed by atoms with Gasteiger partial charge in [0.2, 0.25) is 5.88 Å². The van der Waals surface area contributed by atoms with Crippen molar-refractivity contribution in [1.29, 1.82) is 0 Å². The van der Waals surface area contributed by atoms with Crippen LogP contribution in [-0.2, 0) is 6.54 Å². The summed E-state index contributed by atoms with van der Waals surface area (Å²) in [4.78, 5) is 18.6. The zero-order chi connectivity index (χ0) is 20.5. The van der Waals surface area contributed by atoms with Gasteiger partial charge in [0, 0.05) is 44.2 Å². The zero-order valence-corrected chi connectivity index (χ0v) is 16.7. The second-order valence-electron chi connectivity index (χ2n) is 6.64. The Morgan fingerprint density at radius 2 is 1.76 bits per heavy atom. The normalized spacial score (nSPS) is 10.3. The lowest BCUT2D eigenvalue weighted by molar-refractivity contribution is 0.0951. The Hall–Kier alpha value is -3.54. The third kappa shape index (κ3) is 6.24. The summed E-state index contributed by atoms with van der Waals surface area (Å²) in [5.74, 6) is 1.22. The smallest absolute Gasteiger partial charge is 0.251 e. The molecular formula is C23H25N3O3. The van der Waals surface area contributed by atoms with Gasteiger partial charge in [-0.2, -0.15) is 0 Å². The molecule has 1 amide bonds. The monoisotopic (exact) mass is 391 g/mol. The van der Waals surface area contributed by atoms with E-state index in [1.807, 2.05) is 73.6 Å². The molecule has 0 saturated carbocycles. The summed E-state index contributed by atoms with van der Waals surface area (Å²) in [7, 11) is 3.89. The number of ether oxygens (including phenoxy) is 2. The van der Waals surface area contributed by atoms with E-state index < -0.39 is 0 Å². The number of benzene rings is 2. The molecule has 0 unspecified atom stereocenters. The van der Waals surface area contributed by atoms with Gasteiger partial charge < -0.3 is 19.7 Å². The molecule has 0 aliphatic rings. The molecule has 0 radical (unpaired) electrons. The van der Waals surface area contributed by atoms with Gasteiger partial charge >= 0.3 is 0 Å². The first-order chi connectivity index (χ1) is 14.1. The van der Waals surface area contributed by atoms with E-state index in [1.165, 1.54) is 0 Å². The van der Waals surface area contributed by atoms with Crippen LogP contribution in [0.15, 0.2) is 72.9 Å². The minimum Gasteiger partial charge on any atom is -0.490 e. The summed E-state index contributed by atoms with van der Waals surface area (Å²) in [6, 6.07) is 20.8. The number of hydrogen-bond donors (Lipinski definition) is 1. The van der Waals surface area contributed by atoms with E-state index in [9.17, 15) is 4.79 Å². The minimum absolute atomic E-state index is 0.118. The number of pyridine rings is 1. The fraction of sp³-hybridized carbons (Fsp3) is 0.217. The summed E-state index contributed by atoms with van der Waals surface area (Å²) in [6.07, 6.45) is 1.70. The van der Waals surface area contributed by atoms with E-state index in [0.717, 1.165) is 17.0 Å². The molecule has 3 rings (SSSR count). The number of aromatic nitrogens is 1. The van der Waals surface area contributed by atoms with Gasteiger partial charge in [0.15, 0.2) is 0 Å². The summed E-state index contributed by atoms with van der Waals surface area (Å²) in [5, 5.41) is 2.91. The Bertz CT molecular complexity index is 912. The average Bonchev–Trinajstić information content (AvgIpc) is 2.76. The van der Waals surface area contributed by atoms with Crippen molar-refractivity contribution in [2.75, 3.05) is 32.2 Å². The van der Waals surface area contributed by atoms with Gasteiger partial charge in [-0.1, -0.05) is 30.3 Å². The highest BCUT2D eigenvalue weighted by Gasteiger charge is 2.07. The predicted octanol–water partition coefficient (Wildman–Crippen LogP) is 3.54. The van der Waals surface area contributed by atoms with Gasteiger partial charge in [-0.15, -0.1) is 0 Å². The first kappa shape index (κ1) is 20.2. The number of nitrogens with one attached hydrogen (secondary N) is 1. The molecule has 0 atom stereocenters. The number of rotatable bonds is 9. The van der Waals surface area contributed by atoms with E-state index in [1.54, 1.807) is 18.3 Å². The van der Waals surface area contributed by atoms with E-state index in [-0.39, 0.29) is 5.91 Å². The molecule has 0 saturated heterocycles. The van der Waals surface area contributed by atoms with Crippen LogP contribution in [-0.4, -0.2) is 38.2 Å². The summed E-state index contributed by atoms with van der Waals surface area (Å²) >= 11 is 0. The Morgan fingerprint density at radius 3 is 2.48 bits per heavy atom.